The molecule has 2 bridgehead atoms. The van der Waals surface area contributed by atoms with E-state index in [-0.39, 0.29) is 11.8 Å². The highest BCUT2D eigenvalue weighted by Gasteiger charge is 2.64. The molecule has 116 valence electrons. The van der Waals surface area contributed by atoms with Crippen LogP contribution in [0.25, 0.3) is 0 Å². The third kappa shape index (κ3) is 1.88. The van der Waals surface area contributed by atoms with E-state index in [1.165, 1.54) is 19.8 Å². The third-order valence-corrected chi connectivity index (χ3v) is 5.45. The van der Waals surface area contributed by atoms with Crippen LogP contribution in [-0.4, -0.2) is 26.2 Å². The normalized spacial score (nSPS) is 26.4. The molecule has 0 aromatic heterocycles. The summed E-state index contributed by atoms with van der Waals surface area (Å²) in [5.74, 6) is -1.23. The topological polar surface area (TPSA) is 52.6 Å². The van der Waals surface area contributed by atoms with Gasteiger partial charge >= 0.3 is 11.9 Å². The summed E-state index contributed by atoms with van der Waals surface area (Å²) in [6.07, 6.45) is 1.24. The van der Waals surface area contributed by atoms with Gasteiger partial charge in [0.25, 0.3) is 0 Å². The van der Waals surface area contributed by atoms with Gasteiger partial charge < -0.3 is 9.47 Å². The van der Waals surface area contributed by atoms with Gasteiger partial charge in [-0.2, -0.15) is 0 Å². The highest BCUT2D eigenvalue weighted by atomic mass is 79.9. The molecular formula is C17H17BrO4. The fourth-order valence-electron chi connectivity index (χ4n) is 4.05. The molecule has 22 heavy (non-hydrogen) atoms. The number of halogens is 1. The second-order valence-corrected chi connectivity index (χ2v) is 6.26. The van der Waals surface area contributed by atoms with Crippen LogP contribution >= 0.6 is 15.9 Å². The number of benzene rings is 1. The van der Waals surface area contributed by atoms with Crippen LogP contribution in [0.1, 0.15) is 23.5 Å². The molecule has 2 atom stereocenters. The highest BCUT2D eigenvalue weighted by Crippen LogP contribution is 2.61. The van der Waals surface area contributed by atoms with Crippen molar-refractivity contribution in [2.45, 2.75) is 18.8 Å². The largest absolute Gasteiger partial charge is 0.468 e. The second kappa shape index (κ2) is 5.54. The number of hydrogen-bond donors (Lipinski definition) is 0. The maximum Gasteiger partial charge on any atom is 0.324 e. The molecule has 5 heteroatoms. The first kappa shape index (κ1) is 15.3. The lowest BCUT2D eigenvalue weighted by Gasteiger charge is -2.32. The fourth-order valence-corrected chi connectivity index (χ4v) is 4.69. The molecule has 1 saturated carbocycles. The minimum Gasteiger partial charge on any atom is -0.468 e. The molecule has 1 aromatic rings. The summed E-state index contributed by atoms with van der Waals surface area (Å²) < 4.78 is 9.99. The Hall–Kier alpha value is -1.62. The SMILES string of the molecule is COC(=O)C1(C(=O)OC)C[C@H]2Cc3ccccc3[C@@H]1/C2=C\Br. The molecule has 0 unspecified atom stereocenters. The van der Waals surface area contributed by atoms with E-state index in [2.05, 4.69) is 22.0 Å². The lowest BCUT2D eigenvalue weighted by molar-refractivity contribution is -0.169. The number of methoxy groups -OCH3 is 2. The summed E-state index contributed by atoms with van der Waals surface area (Å²) >= 11 is 3.41. The maximum atomic E-state index is 12.6. The van der Waals surface area contributed by atoms with Crippen LogP contribution in [-0.2, 0) is 25.5 Å². The van der Waals surface area contributed by atoms with E-state index >= 15 is 0 Å². The van der Waals surface area contributed by atoms with E-state index in [4.69, 9.17) is 9.47 Å². The predicted octanol–water partition coefficient (Wildman–Crippen LogP) is 2.96. The molecule has 0 heterocycles. The van der Waals surface area contributed by atoms with Crippen molar-refractivity contribution in [3.63, 3.8) is 0 Å². The Labute approximate surface area is 137 Å². The van der Waals surface area contributed by atoms with Crippen molar-refractivity contribution in [1.82, 2.24) is 0 Å². The van der Waals surface area contributed by atoms with Crippen LogP contribution in [0.3, 0.4) is 0 Å². The Morgan fingerprint density at radius 3 is 2.45 bits per heavy atom. The molecule has 1 fully saturated rings. The monoisotopic (exact) mass is 364 g/mol. The van der Waals surface area contributed by atoms with Gasteiger partial charge in [-0.1, -0.05) is 45.8 Å². The molecule has 0 aliphatic heterocycles. The Morgan fingerprint density at radius 1 is 1.23 bits per heavy atom. The van der Waals surface area contributed by atoms with Gasteiger partial charge in [0.2, 0.25) is 0 Å². The van der Waals surface area contributed by atoms with Crippen LogP contribution in [0, 0.1) is 11.3 Å². The standard InChI is InChI=1S/C17H17BrO4/c1-21-15(19)17(16(20)22-2)8-11-7-10-5-3-4-6-12(10)14(17)13(11)9-18/h3-6,9,11,14H,7-8H2,1-2H3/b13-9-/t11-,14-/m1/s1. The highest BCUT2D eigenvalue weighted by molar-refractivity contribution is 9.11. The average Bonchev–Trinajstić information content (AvgIpc) is 2.80. The van der Waals surface area contributed by atoms with Crippen LogP contribution < -0.4 is 0 Å². The van der Waals surface area contributed by atoms with Gasteiger partial charge in [-0.05, 0) is 34.9 Å². The molecule has 2 aliphatic rings. The van der Waals surface area contributed by atoms with Gasteiger partial charge in [0.05, 0.1) is 14.2 Å². The van der Waals surface area contributed by atoms with Gasteiger partial charge in [0.15, 0.2) is 5.41 Å². The lowest BCUT2D eigenvalue weighted by Crippen LogP contribution is -2.43. The van der Waals surface area contributed by atoms with Crippen LogP contribution in [0.5, 0.6) is 0 Å². The summed E-state index contributed by atoms with van der Waals surface area (Å²) in [7, 11) is 2.64. The summed E-state index contributed by atoms with van der Waals surface area (Å²) in [6, 6.07) is 7.96. The Morgan fingerprint density at radius 2 is 1.86 bits per heavy atom. The molecule has 0 spiro atoms. The van der Waals surface area contributed by atoms with Crippen molar-refractivity contribution in [3.05, 3.63) is 46.0 Å². The number of hydrogen-bond acceptors (Lipinski definition) is 4. The summed E-state index contributed by atoms with van der Waals surface area (Å²) in [4.78, 5) is 27.0. The second-order valence-electron chi connectivity index (χ2n) is 5.80. The number of rotatable bonds is 2. The molecule has 0 radical (unpaired) electrons. The number of fused-ring (bicyclic) bond motifs is 4. The van der Waals surface area contributed by atoms with Crippen molar-refractivity contribution in [2.75, 3.05) is 14.2 Å². The van der Waals surface area contributed by atoms with Crippen molar-refractivity contribution in [2.24, 2.45) is 11.3 Å². The molecule has 1 aromatic carbocycles. The number of allylic oxidation sites excluding steroid dienone is 1. The summed E-state index contributed by atoms with van der Waals surface area (Å²) in [6.45, 7) is 0. The van der Waals surface area contributed by atoms with E-state index in [9.17, 15) is 9.59 Å². The zero-order chi connectivity index (χ0) is 15.9. The Balaban J connectivity index is 2.26. The van der Waals surface area contributed by atoms with Crippen molar-refractivity contribution < 1.29 is 19.1 Å². The van der Waals surface area contributed by atoms with Crippen molar-refractivity contribution in [3.8, 4) is 0 Å². The van der Waals surface area contributed by atoms with E-state index in [0.717, 1.165) is 17.6 Å². The van der Waals surface area contributed by atoms with E-state index in [1.54, 1.807) is 0 Å². The summed E-state index contributed by atoms with van der Waals surface area (Å²) in [5, 5.41) is 0. The van der Waals surface area contributed by atoms with Crippen LogP contribution in [0.2, 0.25) is 0 Å². The minimum atomic E-state index is -1.29. The molecule has 3 rings (SSSR count). The zero-order valence-electron chi connectivity index (χ0n) is 12.5. The molecule has 4 nitrogen and oxygen atoms in total. The number of ether oxygens (including phenoxy) is 2. The zero-order valence-corrected chi connectivity index (χ0v) is 14.1. The van der Waals surface area contributed by atoms with E-state index in [1.807, 2.05) is 23.2 Å². The first-order valence-corrected chi connectivity index (χ1v) is 8.06. The maximum absolute atomic E-state index is 12.6. The fraction of sp³-hybridized carbons (Fsp3) is 0.412. The molecular weight excluding hydrogens is 348 g/mol. The lowest BCUT2D eigenvalue weighted by atomic mass is 9.71. The first-order valence-electron chi connectivity index (χ1n) is 7.15. The Kier molecular flexibility index (Phi) is 3.85. The third-order valence-electron chi connectivity index (χ3n) is 4.92. The van der Waals surface area contributed by atoms with Crippen LogP contribution in [0.15, 0.2) is 34.8 Å². The number of esters is 2. The van der Waals surface area contributed by atoms with E-state index in [0.29, 0.717) is 6.42 Å². The minimum absolute atomic E-state index is 0.137. The van der Waals surface area contributed by atoms with Gasteiger partial charge in [-0.3, -0.25) is 9.59 Å². The van der Waals surface area contributed by atoms with Crippen LogP contribution in [0.4, 0.5) is 0 Å². The summed E-state index contributed by atoms with van der Waals surface area (Å²) in [5.41, 5.74) is 1.97. The first-order chi connectivity index (χ1) is 10.6. The van der Waals surface area contributed by atoms with E-state index < -0.39 is 17.4 Å². The molecule has 0 amide bonds. The predicted molar refractivity (Wildman–Crippen MR) is 84.5 cm³/mol. The number of carbonyl (C=O) groups is 2. The van der Waals surface area contributed by atoms with Crippen molar-refractivity contribution in [1.29, 1.82) is 0 Å². The molecule has 0 N–H and O–H groups in total. The smallest absolute Gasteiger partial charge is 0.324 e. The van der Waals surface area contributed by atoms with Gasteiger partial charge in [0.1, 0.15) is 0 Å². The van der Waals surface area contributed by atoms with Crippen molar-refractivity contribution >= 4 is 27.9 Å². The van der Waals surface area contributed by atoms with Gasteiger partial charge in [-0.25, -0.2) is 0 Å². The molecule has 0 saturated heterocycles. The quantitative estimate of drug-likeness (QED) is 0.597. The van der Waals surface area contributed by atoms with Gasteiger partial charge in [-0.15, -0.1) is 0 Å². The Bertz CT molecular complexity index is 648. The molecule has 2 aliphatic carbocycles. The average molecular weight is 365 g/mol. The number of carbonyl (C=O) groups excluding carboxylic acids is 2. The van der Waals surface area contributed by atoms with Gasteiger partial charge in [0, 0.05) is 5.92 Å².